The smallest absolute Gasteiger partial charge is 0.243 e. The molecule has 3 fully saturated rings. The van der Waals surface area contributed by atoms with Gasteiger partial charge >= 0.3 is 0 Å². The van der Waals surface area contributed by atoms with E-state index in [0.717, 1.165) is 44.6 Å². The summed E-state index contributed by atoms with van der Waals surface area (Å²) in [6.45, 7) is 4.26. The number of carbonyl (C=O) groups excluding carboxylic acids is 2. The lowest BCUT2D eigenvalue weighted by Crippen LogP contribution is -2.51. The van der Waals surface area contributed by atoms with E-state index in [2.05, 4.69) is 27.2 Å². The molecule has 0 bridgehead atoms. The van der Waals surface area contributed by atoms with Crippen molar-refractivity contribution in [3.05, 3.63) is 29.8 Å². The van der Waals surface area contributed by atoms with Gasteiger partial charge in [-0.3, -0.25) is 14.5 Å². The van der Waals surface area contributed by atoms with Gasteiger partial charge < -0.3 is 10.2 Å². The topological polar surface area (TPSA) is 52.7 Å². The van der Waals surface area contributed by atoms with E-state index in [0.29, 0.717) is 11.9 Å². The van der Waals surface area contributed by atoms with E-state index >= 15 is 0 Å². The van der Waals surface area contributed by atoms with Gasteiger partial charge in [0.05, 0.1) is 0 Å². The van der Waals surface area contributed by atoms with E-state index in [-0.39, 0.29) is 11.4 Å². The van der Waals surface area contributed by atoms with Gasteiger partial charge in [0, 0.05) is 31.7 Å². The fraction of sp³-hybridized carbons (Fsp3) is 0.636. The van der Waals surface area contributed by atoms with Crippen molar-refractivity contribution >= 4 is 17.5 Å². The second-order valence-corrected chi connectivity index (χ2v) is 8.48. The number of benzene rings is 1. The third kappa shape index (κ3) is 3.62. The molecule has 2 saturated heterocycles. The van der Waals surface area contributed by atoms with Crippen LogP contribution < -0.4 is 5.32 Å². The van der Waals surface area contributed by atoms with Crippen molar-refractivity contribution in [2.24, 2.45) is 0 Å². The van der Waals surface area contributed by atoms with Crippen LogP contribution in [0, 0.1) is 0 Å². The molecular formula is C22H31N3O2. The molecule has 1 aromatic rings. The Balaban J connectivity index is 1.45. The molecule has 2 heterocycles. The summed E-state index contributed by atoms with van der Waals surface area (Å²) in [6.07, 6.45) is 9.32. The van der Waals surface area contributed by atoms with Gasteiger partial charge in [-0.15, -0.1) is 0 Å². The predicted octanol–water partition coefficient (Wildman–Crippen LogP) is 3.54. The number of carbonyl (C=O) groups is 2. The summed E-state index contributed by atoms with van der Waals surface area (Å²) in [6, 6.07) is 8.50. The summed E-state index contributed by atoms with van der Waals surface area (Å²) in [5.41, 5.74) is 1.76. The van der Waals surface area contributed by atoms with Crippen molar-refractivity contribution in [3.63, 3.8) is 0 Å². The van der Waals surface area contributed by atoms with E-state index < -0.39 is 0 Å². The zero-order chi connectivity index (χ0) is 18.9. The zero-order valence-corrected chi connectivity index (χ0v) is 16.4. The molecule has 3 aliphatic rings. The quantitative estimate of drug-likeness (QED) is 0.883. The molecular weight excluding hydrogens is 338 g/mol. The second kappa shape index (κ2) is 7.63. The van der Waals surface area contributed by atoms with Crippen LogP contribution in [-0.4, -0.2) is 46.3 Å². The summed E-state index contributed by atoms with van der Waals surface area (Å²) in [4.78, 5) is 29.3. The molecule has 0 radical (unpaired) electrons. The molecule has 1 aliphatic carbocycles. The largest absolute Gasteiger partial charge is 0.338 e. The molecule has 4 rings (SSSR count). The van der Waals surface area contributed by atoms with Crippen LogP contribution in [0.1, 0.15) is 63.9 Å². The van der Waals surface area contributed by atoms with Gasteiger partial charge in [0.25, 0.3) is 0 Å². The van der Waals surface area contributed by atoms with Crippen molar-refractivity contribution in [3.8, 4) is 0 Å². The Labute approximate surface area is 162 Å². The lowest BCUT2D eigenvalue weighted by atomic mass is 9.92. The lowest BCUT2D eigenvalue weighted by Gasteiger charge is -2.36. The maximum atomic E-state index is 13.4. The third-order valence-corrected chi connectivity index (χ3v) is 6.71. The highest BCUT2D eigenvalue weighted by molar-refractivity contribution is 5.89. The molecule has 1 saturated carbocycles. The second-order valence-electron chi connectivity index (χ2n) is 8.48. The molecule has 1 atom stereocenters. The fourth-order valence-electron chi connectivity index (χ4n) is 5.33. The molecule has 1 unspecified atom stereocenters. The normalized spacial score (nSPS) is 26.9. The van der Waals surface area contributed by atoms with Gasteiger partial charge in [-0.2, -0.15) is 0 Å². The molecule has 0 aromatic heterocycles. The number of nitrogens with zero attached hydrogens (tertiary/aromatic N) is 2. The molecule has 2 amide bonds. The average molecular weight is 370 g/mol. The summed E-state index contributed by atoms with van der Waals surface area (Å²) < 4.78 is 0. The molecule has 146 valence electrons. The molecule has 1 spiro atoms. The van der Waals surface area contributed by atoms with Gasteiger partial charge in [0.2, 0.25) is 11.8 Å². The van der Waals surface area contributed by atoms with Gasteiger partial charge in [-0.25, -0.2) is 0 Å². The highest BCUT2D eigenvalue weighted by atomic mass is 16.2. The fourth-order valence-corrected chi connectivity index (χ4v) is 5.33. The Morgan fingerprint density at radius 3 is 2.52 bits per heavy atom. The zero-order valence-electron chi connectivity index (χ0n) is 16.4. The van der Waals surface area contributed by atoms with Crippen LogP contribution >= 0.6 is 0 Å². The van der Waals surface area contributed by atoms with Crippen LogP contribution in [0.5, 0.6) is 0 Å². The first-order valence-corrected chi connectivity index (χ1v) is 10.5. The minimum atomic E-state index is -0.270. The van der Waals surface area contributed by atoms with Crippen LogP contribution in [0.4, 0.5) is 5.69 Å². The van der Waals surface area contributed by atoms with Crippen LogP contribution in [0.2, 0.25) is 0 Å². The Kier molecular flexibility index (Phi) is 5.22. The van der Waals surface area contributed by atoms with E-state index in [9.17, 15) is 9.59 Å². The number of nitrogens with one attached hydrogen (secondary N) is 1. The van der Waals surface area contributed by atoms with Gasteiger partial charge in [-0.1, -0.05) is 31.4 Å². The number of anilines is 1. The van der Waals surface area contributed by atoms with Gasteiger partial charge in [0.15, 0.2) is 0 Å². The van der Waals surface area contributed by atoms with Crippen LogP contribution in [-0.2, 0) is 16.1 Å². The number of rotatable bonds is 4. The number of amides is 2. The Hall–Kier alpha value is -1.88. The summed E-state index contributed by atoms with van der Waals surface area (Å²) in [5.74, 6) is 0.336. The van der Waals surface area contributed by atoms with Crippen molar-refractivity contribution < 1.29 is 9.59 Å². The number of likely N-dealkylation sites (tertiary alicyclic amines) is 2. The Morgan fingerprint density at radius 1 is 1.07 bits per heavy atom. The van der Waals surface area contributed by atoms with Gasteiger partial charge in [-0.05, 0) is 56.3 Å². The van der Waals surface area contributed by atoms with Crippen molar-refractivity contribution in [2.75, 3.05) is 18.4 Å². The lowest BCUT2D eigenvalue weighted by molar-refractivity contribution is -0.139. The first-order valence-electron chi connectivity index (χ1n) is 10.5. The molecule has 1 N–H and O–H groups in total. The van der Waals surface area contributed by atoms with E-state index in [1.54, 1.807) is 0 Å². The van der Waals surface area contributed by atoms with E-state index in [1.807, 2.05) is 12.1 Å². The molecule has 5 heteroatoms. The van der Waals surface area contributed by atoms with Crippen LogP contribution in [0.15, 0.2) is 24.3 Å². The van der Waals surface area contributed by atoms with Crippen molar-refractivity contribution in [1.29, 1.82) is 0 Å². The Bertz CT molecular complexity index is 696. The maximum Gasteiger partial charge on any atom is 0.243 e. The summed E-state index contributed by atoms with van der Waals surface area (Å²) in [5, 5.41) is 2.81. The predicted molar refractivity (Wildman–Crippen MR) is 106 cm³/mol. The standard InChI is InChI=1S/C22H31N3O2/c1-17(26)23-19-10-8-18(9-11-19)16-24-14-5-12-22(24)13-15-25(21(22)27)20-6-3-2-4-7-20/h8-11,20H,2-7,12-16H2,1H3,(H,23,26). The summed E-state index contributed by atoms with van der Waals surface area (Å²) >= 11 is 0. The molecule has 5 nitrogen and oxygen atoms in total. The summed E-state index contributed by atoms with van der Waals surface area (Å²) in [7, 11) is 0. The van der Waals surface area contributed by atoms with Crippen LogP contribution in [0.3, 0.4) is 0 Å². The molecule has 27 heavy (non-hydrogen) atoms. The maximum absolute atomic E-state index is 13.4. The van der Waals surface area contributed by atoms with E-state index in [1.165, 1.54) is 44.6 Å². The number of hydrogen-bond acceptors (Lipinski definition) is 3. The molecule has 2 aliphatic heterocycles. The molecule has 1 aromatic carbocycles. The van der Waals surface area contributed by atoms with E-state index in [4.69, 9.17) is 0 Å². The minimum Gasteiger partial charge on any atom is -0.338 e. The monoisotopic (exact) mass is 369 g/mol. The average Bonchev–Trinajstić information content (AvgIpc) is 3.22. The van der Waals surface area contributed by atoms with Crippen molar-refractivity contribution in [1.82, 2.24) is 9.80 Å². The Morgan fingerprint density at radius 2 is 1.81 bits per heavy atom. The van der Waals surface area contributed by atoms with Gasteiger partial charge in [0.1, 0.15) is 5.54 Å². The first-order chi connectivity index (χ1) is 13.1. The highest BCUT2D eigenvalue weighted by Gasteiger charge is 2.54. The number of hydrogen-bond donors (Lipinski definition) is 1. The minimum absolute atomic E-state index is 0.0550. The van der Waals surface area contributed by atoms with Crippen molar-refractivity contribution in [2.45, 2.75) is 76.4 Å². The SMILES string of the molecule is CC(=O)Nc1ccc(CN2CCCC23CCN(C2CCCCC2)C3=O)cc1. The first kappa shape index (κ1) is 18.5. The van der Waals surface area contributed by atoms with Crippen LogP contribution in [0.25, 0.3) is 0 Å². The third-order valence-electron chi connectivity index (χ3n) is 6.71. The highest BCUT2D eigenvalue weighted by Crippen LogP contribution is 2.41.